The van der Waals surface area contributed by atoms with E-state index in [1.165, 1.54) is 6.42 Å². The summed E-state index contributed by atoms with van der Waals surface area (Å²) in [6, 6.07) is 5.68. The van der Waals surface area contributed by atoms with Crippen LogP contribution in [0.4, 0.5) is 23.8 Å². The molecule has 1 aliphatic heterocycles. The molecule has 1 aromatic carbocycles. The lowest BCUT2D eigenvalue weighted by atomic mass is 9.94. The van der Waals surface area contributed by atoms with E-state index in [2.05, 4.69) is 10.1 Å². The molecular formula is C30H35F3N4O3. The number of benzene rings is 1. The number of pyridine rings is 1. The van der Waals surface area contributed by atoms with Gasteiger partial charge in [-0.3, -0.25) is 4.90 Å². The van der Waals surface area contributed by atoms with E-state index >= 15 is 0 Å². The largest absolute Gasteiger partial charge is 0.439 e. The van der Waals surface area contributed by atoms with Crippen LogP contribution in [0.1, 0.15) is 78.8 Å². The minimum atomic E-state index is -4.49. The molecule has 7 nitrogen and oxygen atoms in total. The van der Waals surface area contributed by atoms with E-state index in [-0.39, 0.29) is 6.54 Å². The van der Waals surface area contributed by atoms with E-state index in [1.807, 2.05) is 33.2 Å². The van der Waals surface area contributed by atoms with Gasteiger partial charge in [-0.1, -0.05) is 36.0 Å². The Balaban J connectivity index is 1.50. The lowest BCUT2D eigenvalue weighted by Gasteiger charge is -2.34. The number of hydrogen-bond acceptors (Lipinski definition) is 6. The Morgan fingerprint density at radius 1 is 1.07 bits per heavy atom. The van der Waals surface area contributed by atoms with Crippen molar-refractivity contribution >= 4 is 11.9 Å². The van der Waals surface area contributed by atoms with Crippen molar-refractivity contribution in [1.29, 1.82) is 0 Å². The van der Waals surface area contributed by atoms with Crippen molar-refractivity contribution in [2.24, 2.45) is 0 Å². The number of anilines is 1. The molecule has 2 aromatic heterocycles. The first-order chi connectivity index (χ1) is 18.9. The molecule has 1 saturated carbocycles. The average Bonchev–Trinajstić information content (AvgIpc) is 3.40. The predicted molar refractivity (Wildman–Crippen MR) is 145 cm³/mol. The molecule has 0 unspecified atom stereocenters. The Labute approximate surface area is 232 Å². The highest BCUT2D eigenvalue weighted by Crippen LogP contribution is 2.39. The van der Waals surface area contributed by atoms with Crippen LogP contribution < -0.4 is 4.90 Å². The second kappa shape index (κ2) is 10.8. The van der Waals surface area contributed by atoms with Crippen LogP contribution in [-0.4, -0.2) is 40.3 Å². The lowest BCUT2D eigenvalue weighted by molar-refractivity contribution is -0.137. The average molecular weight is 557 g/mol. The number of cyclic esters (lactones) is 1. The van der Waals surface area contributed by atoms with Crippen molar-refractivity contribution < 1.29 is 27.2 Å². The van der Waals surface area contributed by atoms with Crippen LogP contribution in [0, 0.1) is 20.8 Å². The van der Waals surface area contributed by atoms with Gasteiger partial charge >= 0.3 is 12.3 Å². The number of carbonyl (C=O) groups excluding carboxylic acids is 1. The summed E-state index contributed by atoms with van der Waals surface area (Å²) in [6.07, 6.45) is 1.62. The quantitative estimate of drug-likeness (QED) is 0.313. The molecule has 3 aromatic rings. The first-order valence-corrected chi connectivity index (χ1v) is 13.7. The van der Waals surface area contributed by atoms with Crippen molar-refractivity contribution in [2.75, 3.05) is 11.9 Å². The summed E-state index contributed by atoms with van der Waals surface area (Å²) in [5.74, 6) is 1.45. The number of hydrogen-bond donors (Lipinski definition) is 0. The van der Waals surface area contributed by atoms with E-state index in [0.717, 1.165) is 66.0 Å². The van der Waals surface area contributed by atoms with Gasteiger partial charge in [-0.15, -0.1) is 0 Å². The van der Waals surface area contributed by atoms with Gasteiger partial charge in [-0.05, 0) is 64.3 Å². The maximum absolute atomic E-state index is 13.5. The molecular weight excluding hydrogens is 521 g/mol. The summed E-state index contributed by atoms with van der Waals surface area (Å²) in [5.41, 5.74) is 3.30. The third-order valence-corrected chi connectivity index (χ3v) is 8.21. The van der Waals surface area contributed by atoms with Gasteiger partial charge in [0.05, 0.1) is 23.8 Å². The fourth-order valence-electron chi connectivity index (χ4n) is 6.09. The molecule has 0 spiro atoms. The number of nitrogens with zero attached hydrogens (tertiary/aromatic N) is 4. The minimum absolute atomic E-state index is 0.199. The first-order valence-electron chi connectivity index (χ1n) is 13.7. The molecule has 2 atom stereocenters. The van der Waals surface area contributed by atoms with E-state index in [0.29, 0.717) is 22.9 Å². The van der Waals surface area contributed by atoms with Gasteiger partial charge in [0, 0.05) is 36.0 Å². The monoisotopic (exact) mass is 556 g/mol. The van der Waals surface area contributed by atoms with Gasteiger partial charge in [0.2, 0.25) is 0 Å². The van der Waals surface area contributed by atoms with E-state index in [1.54, 1.807) is 24.8 Å². The van der Waals surface area contributed by atoms with Crippen molar-refractivity contribution in [2.45, 2.75) is 90.7 Å². The Bertz CT molecular complexity index is 1380. The van der Waals surface area contributed by atoms with Gasteiger partial charge in [-0.25, -0.2) is 9.78 Å². The third kappa shape index (κ3) is 5.40. The van der Waals surface area contributed by atoms with Crippen molar-refractivity contribution in [1.82, 2.24) is 15.0 Å². The van der Waals surface area contributed by atoms with Crippen LogP contribution in [-0.2, 0) is 17.5 Å². The molecule has 0 bridgehead atoms. The normalized spacial score (nSPS) is 20.2. The fraction of sp³-hybridized carbons (Fsp3) is 0.500. The summed E-state index contributed by atoms with van der Waals surface area (Å²) in [5, 5.41) is 4.08. The molecule has 3 heterocycles. The molecule has 0 radical (unpaired) electrons. The molecule has 1 aliphatic carbocycles. The predicted octanol–water partition coefficient (Wildman–Crippen LogP) is 7.53. The first kappa shape index (κ1) is 28.0. The van der Waals surface area contributed by atoms with Crippen LogP contribution in [0.15, 0.2) is 35.0 Å². The van der Waals surface area contributed by atoms with Crippen molar-refractivity contribution in [3.8, 4) is 11.1 Å². The van der Waals surface area contributed by atoms with Gasteiger partial charge < -0.3 is 14.2 Å². The number of alkyl halides is 3. The van der Waals surface area contributed by atoms with Gasteiger partial charge in [0.15, 0.2) is 0 Å². The van der Waals surface area contributed by atoms with Crippen LogP contribution in [0.25, 0.3) is 11.1 Å². The smallest absolute Gasteiger partial charge is 0.416 e. The summed E-state index contributed by atoms with van der Waals surface area (Å²) >= 11 is 0. The lowest BCUT2D eigenvalue weighted by Crippen LogP contribution is -2.36. The second-order valence-corrected chi connectivity index (χ2v) is 11.1. The maximum Gasteiger partial charge on any atom is 0.416 e. The Hall–Kier alpha value is -3.56. The SMILES string of the molecule is Cc1cc([C@H]2OC(=O)N(Cc3cc(-c4c(C)noc4C)cnc3N(C)C3CCCCC3)[C@H]2C)cc(C(F)(F)F)c1. The topological polar surface area (TPSA) is 71.7 Å². The maximum atomic E-state index is 13.5. The molecule has 2 aliphatic rings. The summed E-state index contributed by atoms with van der Waals surface area (Å²) < 4.78 is 51.6. The van der Waals surface area contributed by atoms with Crippen LogP contribution in [0.2, 0.25) is 0 Å². The Morgan fingerprint density at radius 2 is 1.80 bits per heavy atom. The summed E-state index contributed by atoms with van der Waals surface area (Å²) in [6.45, 7) is 7.33. The van der Waals surface area contributed by atoms with Gasteiger partial charge in [0.1, 0.15) is 17.7 Å². The highest BCUT2D eigenvalue weighted by molar-refractivity contribution is 5.73. The number of rotatable bonds is 6. The van der Waals surface area contributed by atoms with E-state index in [9.17, 15) is 18.0 Å². The Kier molecular flexibility index (Phi) is 7.54. The summed E-state index contributed by atoms with van der Waals surface area (Å²) in [4.78, 5) is 21.8. The number of amides is 1. The van der Waals surface area contributed by atoms with Gasteiger partial charge in [0.25, 0.3) is 0 Å². The van der Waals surface area contributed by atoms with E-state index < -0.39 is 30.0 Å². The highest BCUT2D eigenvalue weighted by Gasteiger charge is 2.41. The minimum Gasteiger partial charge on any atom is -0.439 e. The molecule has 40 heavy (non-hydrogen) atoms. The third-order valence-electron chi connectivity index (χ3n) is 8.21. The zero-order valence-corrected chi connectivity index (χ0v) is 23.5. The number of halogens is 3. The number of carbonyl (C=O) groups is 1. The molecule has 214 valence electrons. The molecule has 2 fully saturated rings. The Morgan fingerprint density at radius 3 is 2.45 bits per heavy atom. The number of aryl methyl sites for hydroxylation is 3. The number of aromatic nitrogens is 2. The van der Waals surface area contributed by atoms with Gasteiger partial charge in [-0.2, -0.15) is 13.2 Å². The fourth-order valence-corrected chi connectivity index (χ4v) is 6.09. The van der Waals surface area contributed by atoms with E-state index in [4.69, 9.17) is 14.2 Å². The second-order valence-electron chi connectivity index (χ2n) is 11.1. The zero-order valence-electron chi connectivity index (χ0n) is 23.5. The summed E-state index contributed by atoms with van der Waals surface area (Å²) in [7, 11) is 2.04. The van der Waals surface area contributed by atoms with Crippen LogP contribution in [0.3, 0.4) is 0 Å². The van der Waals surface area contributed by atoms with Crippen molar-refractivity contribution in [3.63, 3.8) is 0 Å². The molecule has 5 rings (SSSR count). The standard InChI is InChI=1S/C30H35F3N4O3/c1-17-11-21(14-24(12-17)30(31,32)33)27-19(3)37(29(38)39-27)16-23-13-22(26-18(2)35-40-20(26)4)15-34-28(23)36(5)25-9-7-6-8-10-25/h11-15,19,25,27H,6-10,16H2,1-5H3/t19-,27-/m0/s1. The van der Waals surface area contributed by atoms with Crippen LogP contribution in [0.5, 0.6) is 0 Å². The molecule has 1 saturated heterocycles. The van der Waals surface area contributed by atoms with Crippen molar-refractivity contribution in [3.05, 3.63) is 64.2 Å². The van der Waals surface area contributed by atoms with Crippen LogP contribution >= 0.6 is 0 Å². The number of ether oxygens (including phenoxy) is 1. The highest BCUT2D eigenvalue weighted by atomic mass is 19.4. The molecule has 10 heteroatoms. The molecule has 1 amide bonds. The molecule has 0 N–H and O–H groups in total. The zero-order chi connectivity index (χ0) is 28.8.